The van der Waals surface area contributed by atoms with Gasteiger partial charge in [0, 0.05) is 0 Å². The predicted molar refractivity (Wildman–Crippen MR) is 50.0 cm³/mol. The third kappa shape index (κ3) is 6.15. The molecule has 0 bridgehead atoms. The molecule has 0 saturated heterocycles. The van der Waals surface area contributed by atoms with Gasteiger partial charge in [0.15, 0.2) is 0 Å². The third-order valence-corrected chi connectivity index (χ3v) is 2.07. The van der Waals surface area contributed by atoms with Crippen LogP contribution >= 0.6 is 0 Å². The van der Waals surface area contributed by atoms with Crippen LogP contribution in [0.25, 0.3) is 0 Å². The van der Waals surface area contributed by atoms with Crippen molar-refractivity contribution in [1.29, 1.82) is 5.26 Å². The highest BCUT2D eigenvalue weighted by atomic mass is 16.4. The Bertz CT molecular complexity index is 196. The maximum atomic E-state index is 10.4. The first-order chi connectivity index (χ1) is 6.10. The van der Waals surface area contributed by atoms with Gasteiger partial charge in [0.1, 0.15) is 0 Å². The third-order valence-electron chi connectivity index (χ3n) is 2.07. The van der Waals surface area contributed by atoms with E-state index in [2.05, 4.69) is 13.8 Å². The number of carboxylic acids is 1. The monoisotopic (exact) mass is 183 g/mol. The van der Waals surface area contributed by atoms with Gasteiger partial charge in [-0.2, -0.15) is 5.26 Å². The number of rotatable bonds is 6. The van der Waals surface area contributed by atoms with E-state index in [9.17, 15) is 4.79 Å². The topological polar surface area (TPSA) is 61.1 Å². The molecule has 1 N–H and O–H groups in total. The van der Waals surface area contributed by atoms with Gasteiger partial charge in [-0.3, -0.25) is 4.79 Å². The molecular formula is C10H17NO2. The van der Waals surface area contributed by atoms with Crippen molar-refractivity contribution in [1.82, 2.24) is 0 Å². The maximum absolute atomic E-state index is 10.4. The van der Waals surface area contributed by atoms with E-state index in [0.29, 0.717) is 12.3 Å². The molecule has 0 aromatic rings. The van der Waals surface area contributed by atoms with Crippen LogP contribution in [0.1, 0.15) is 39.5 Å². The highest BCUT2D eigenvalue weighted by Crippen LogP contribution is 2.18. The quantitative estimate of drug-likeness (QED) is 0.687. The van der Waals surface area contributed by atoms with Gasteiger partial charge in [-0.15, -0.1) is 0 Å². The lowest BCUT2D eigenvalue weighted by Gasteiger charge is -2.12. The Morgan fingerprint density at radius 1 is 1.62 bits per heavy atom. The average Bonchev–Trinajstić information content (AvgIpc) is 2.02. The van der Waals surface area contributed by atoms with Crippen LogP contribution in [-0.4, -0.2) is 11.1 Å². The van der Waals surface area contributed by atoms with Crippen molar-refractivity contribution in [3.05, 3.63) is 0 Å². The summed E-state index contributed by atoms with van der Waals surface area (Å²) < 4.78 is 0. The zero-order valence-corrected chi connectivity index (χ0v) is 8.29. The Kier molecular flexibility index (Phi) is 5.96. The number of aliphatic carboxylic acids is 1. The van der Waals surface area contributed by atoms with Gasteiger partial charge in [0.2, 0.25) is 0 Å². The molecule has 3 nitrogen and oxygen atoms in total. The van der Waals surface area contributed by atoms with Crippen LogP contribution in [0, 0.1) is 23.2 Å². The summed E-state index contributed by atoms with van der Waals surface area (Å²) >= 11 is 0. The number of nitrogens with zero attached hydrogens (tertiary/aromatic N) is 1. The van der Waals surface area contributed by atoms with Crippen LogP contribution in [0.15, 0.2) is 0 Å². The molecule has 0 aromatic heterocycles. The lowest BCUT2D eigenvalue weighted by molar-refractivity contribution is -0.137. The van der Waals surface area contributed by atoms with Gasteiger partial charge < -0.3 is 5.11 Å². The standard InChI is InChI=1S/C10H17NO2/c1-3-4-8(2)5-9(7-11)6-10(12)13/h8-9H,3-6H2,1-2H3,(H,12,13)/t8-,9?/m1/s1. The summed E-state index contributed by atoms with van der Waals surface area (Å²) in [6.07, 6.45) is 2.84. The number of nitriles is 1. The number of hydrogen-bond donors (Lipinski definition) is 1. The number of carboxylic acid groups (broad SMARTS) is 1. The van der Waals surface area contributed by atoms with Crippen molar-refractivity contribution in [2.45, 2.75) is 39.5 Å². The molecule has 2 atom stereocenters. The van der Waals surface area contributed by atoms with Gasteiger partial charge >= 0.3 is 5.97 Å². The molecule has 0 amide bonds. The Morgan fingerprint density at radius 2 is 2.23 bits per heavy atom. The Labute approximate surface area is 79.4 Å². The van der Waals surface area contributed by atoms with E-state index in [1.165, 1.54) is 0 Å². The fourth-order valence-electron chi connectivity index (χ4n) is 1.49. The molecule has 0 aliphatic carbocycles. The van der Waals surface area contributed by atoms with Crippen LogP contribution in [0.2, 0.25) is 0 Å². The summed E-state index contributed by atoms with van der Waals surface area (Å²) in [6, 6.07) is 2.04. The average molecular weight is 183 g/mol. The van der Waals surface area contributed by atoms with E-state index in [0.717, 1.165) is 12.8 Å². The minimum absolute atomic E-state index is 0.0233. The molecule has 0 aromatic carbocycles. The van der Waals surface area contributed by atoms with E-state index in [4.69, 9.17) is 10.4 Å². The van der Waals surface area contributed by atoms with Crippen LogP contribution in [0.3, 0.4) is 0 Å². The van der Waals surface area contributed by atoms with Crippen LogP contribution in [0.4, 0.5) is 0 Å². The minimum Gasteiger partial charge on any atom is -0.481 e. The smallest absolute Gasteiger partial charge is 0.304 e. The molecule has 1 unspecified atom stereocenters. The van der Waals surface area contributed by atoms with Gasteiger partial charge in [-0.05, 0) is 12.3 Å². The van der Waals surface area contributed by atoms with Gasteiger partial charge in [0.25, 0.3) is 0 Å². The first kappa shape index (κ1) is 12.0. The number of carbonyl (C=O) groups is 1. The molecule has 13 heavy (non-hydrogen) atoms. The normalized spacial score (nSPS) is 14.5. The molecule has 74 valence electrons. The summed E-state index contributed by atoms with van der Waals surface area (Å²) in [5.41, 5.74) is 0. The van der Waals surface area contributed by atoms with Crippen LogP contribution < -0.4 is 0 Å². The first-order valence-corrected chi connectivity index (χ1v) is 4.71. The fraction of sp³-hybridized carbons (Fsp3) is 0.800. The van der Waals surface area contributed by atoms with Crippen molar-refractivity contribution in [3.8, 4) is 6.07 Å². The van der Waals surface area contributed by atoms with Crippen LogP contribution in [0.5, 0.6) is 0 Å². The number of hydrogen-bond acceptors (Lipinski definition) is 2. The summed E-state index contributed by atoms with van der Waals surface area (Å²) in [4.78, 5) is 10.4. The first-order valence-electron chi connectivity index (χ1n) is 4.71. The highest BCUT2D eigenvalue weighted by molar-refractivity contribution is 5.67. The Balaban J connectivity index is 3.84. The molecule has 0 radical (unpaired) electrons. The van der Waals surface area contributed by atoms with Crippen molar-refractivity contribution in [3.63, 3.8) is 0 Å². The van der Waals surface area contributed by atoms with Crippen molar-refractivity contribution in [2.75, 3.05) is 0 Å². The van der Waals surface area contributed by atoms with E-state index in [-0.39, 0.29) is 12.3 Å². The van der Waals surface area contributed by atoms with E-state index >= 15 is 0 Å². The van der Waals surface area contributed by atoms with E-state index in [1.807, 2.05) is 6.07 Å². The molecular weight excluding hydrogens is 166 g/mol. The molecule has 0 aliphatic heterocycles. The second-order valence-corrected chi connectivity index (χ2v) is 3.55. The van der Waals surface area contributed by atoms with Gasteiger partial charge in [-0.25, -0.2) is 0 Å². The lowest BCUT2D eigenvalue weighted by Crippen LogP contribution is -2.09. The maximum Gasteiger partial charge on any atom is 0.304 e. The second kappa shape index (κ2) is 6.47. The molecule has 0 rings (SSSR count). The molecule has 0 aliphatic rings. The minimum atomic E-state index is -0.879. The second-order valence-electron chi connectivity index (χ2n) is 3.55. The summed E-state index contributed by atoms with van der Waals surface area (Å²) in [6.45, 7) is 4.16. The van der Waals surface area contributed by atoms with E-state index in [1.54, 1.807) is 0 Å². The summed E-state index contributed by atoms with van der Waals surface area (Å²) in [7, 11) is 0. The zero-order chi connectivity index (χ0) is 10.3. The molecule has 0 spiro atoms. The summed E-state index contributed by atoms with van der Waals surface area (Å²) in [5.74, 6) is -0.747. The SMILES string of the molecule is CCC[C@@H](C)CC(C#N)CC(=O)O. The van der Waals surface area contributed by atoms with Crippen molar-refractivity contribution < 1.29 is 9.90 Å². The Hall–Kier alpha value is -1.04. The summed E-state index contributed by atoms with van der Waals surface area (Å²) in [5, 5.41) is 17.2. The van der Waals surface area contributed by atoms with Gasteiger partial charge in [-0.1, -0.05) is 26.7 Å². The largest absolute Gasteiger partial charge is 0.481 e. The molecule has 0 heterocycles. The lowest BCUT2D eigenvalue weighted by atomic mass is 9.91. The van der Waals surface area contributed by atoms with E-state index < -0.39 is 5.97 Å². The van der Waals surface area contributed by atoms with Crippen molar-refractivity contribution >= 4 is 5.97 Å². The molecule has 0 fully saturated rings. The zero-order valence-electron chi connectivity index (χ0n) is 8.29. The van der Waals surface area contributed by atoms with Crippen LogP contribution in [-0.2, 0) is 4.79 Å². The predicted octanol–water partition coefficient (Wildman–Crippen LogP) is 2.43. The van der Waals surface area contributed by atoms with Gasteiger partial charge in [0.05, 0.1) is 18.4 Å². The Morgan fingerprint density at radius 3 is 2.62 bits per heavy atom. The fourth-order valence-corrected chi connectivity index (χ4v) is 1.49. The molecule has 0 saturated carbocycles. The highest BCUT2D eigenvalue weighted by Gasteiger charge is 2.15. The molecule has 3 heteroatoms. The van der Waals surface area contributed by atoms with Crippen molar-refractivity contribution in [2.24, 2.45) is 11.8 Å².